The number of fused-ring (bicyclic) bond motifs is 1. The van der Waals surface area contributed by atoms with Crippen molar-refractivity contribution in [2.45, 2.75) is 6.92 Å². The lowest BCUT2D eigenvalue weighted by Crippen LogP contribution is -1.99. The quantitative estimate of drug-likeness (QED) is 0.839. The van der Waals surface area contributed by atoms with Crippen LogP contribution in [-0.2, 0) is 0 Å². The first-order valence-corrected chi connectivity index (χ1v) is 5.59. The minimum absolute atomic E-state index is 0.250. The number of carbonyl (C=O) groups is 1. The molecule has 0 bridgehead atoms. The van der Waals surface area contributed by atoms with Crippen LogP contribution < -0.4 is 4.74 Å². The fourth-order valence-corrected chi connectivity index (χ4v) is 1.63. The van der Waals surface area contributed by atoms with Gasteiger partial charge in [0.25, 0.3) is 0 Å². The van der Waals surface area contributed by atoms with Crippen molar-refractivity contribution < 1.29 is 14.6 Å². The highest BCUT2D eigenvalue weighted by molar-refractivity contribution is 6.02. The monoisotopic (exact) mass is 243 g/mol. The first kappa shape index (κ1) is 12.1. The van der Waals surface area contributed by atoms with E-state index in [4.69, 9.17) is 9.84 Å². The van der Waals surface area contributed by atoms with Crippen LogP contribution in [-0.4, -0.2) is 22.7 Å². The summed E-state index contributed by atoms with van der Waals surface area (Å²) in [6.07, 6.45) is 3.77. The largest absolute Gasteiger partial charge is 0.478 e. The van der Waals surface area contributed by atoms with E-state index in [1.165, 1.54) is 0 Å². The van der Waals surface area contributed by atoms with E-state index in [1.54, 1.807) is 30.3 Å². The highest BCUT2D eigenvalue weighted by Crippen LogP contribution is 2.20. The summed E-state index contributed by atoms with van der Waals surface area (Å²) < 4.78 is 5.41. The van der Waals surface area contributed by atoms with Gasteiger partial charge >= 0.3 is 5.97 Å². The predicted molar refractivity (Wildman–Crippen MR) is 69.0 cm³/mol. The van der Waals surface area contributed by atoms with Gasteiger partial charge in [-0.15, -0.1) is 0 Å². The second-order valence-corrected chi connectivity index (χ2v) is 3.71. The summed E-state index contributed by atoms with van der Waals surface area (Å²) in [5.74, 6) is -0.465. The summed E-state index contributed by atoms with van der Waals surface area (Å²) in [7, 11) is 0. The molecular weight excluding hydrogens is 230 g/mol. The summed E-state index contributed by atoms with van der Waals surface area (Å²) >= 11 is 0. The molecule has 0 spiro atoms. The molecule has 2 aromatic rings. The van der Waals surface area contributed by atoms with E-state index < -0.39 is 5.97 Å². The zero-order valence-electron chi connectivity index (χ0n) is 9.96. The normalized spacial score (nSPS) is 10.9. The van der Waals surface area contributed by atoms with Gasteiger partial charge in [0.05, 0.1) is 11.1 Å². The number of ether oxygens (including phenoxy) is 1. The molecular formula is C14H13NO3. The van der Waals surface area contributed by atoms with Crippen LogP contribution in [0.25, 0.3) is 10.9 Å². The smallest absolute Gasteiger partial charge is 0.336 e. The number of allylic oxidation sites excluding steroid dienone is 1. The Morgan fingerprint density at radius 1 is 1.39 bits per heavy atom. The fourth-order valence-electron chi connectivity index (χ4n) is 1.63. The second-order valence-electron chi connectivity index (χ2n) is 3.71. The first-order valence-electron chi connectivity index (χ1n) is 5.59. The van der Waals surface area contributed by atoms with Crippen LogP contribution in [0.1, 0.15) is 17.3 Å². The molecule has 0 radical (unpaired) electrons. The van der Waals surface area contributed by atoms with Gasteiger partial charge < -0.3 is 9.84 Å². The molecule has 0 aliphatic rings. The maximum absolute atomic E-state index is 11.0. The van der Waals surface area contributed by atoms with Gasteiger partial charge in [-0.25, -0.2) is 9.78 Å². The zero-order chi connectivity index (χ0) is 13.0. The highest BCUT2D eigenvalue weighted by atomic mass is 16.5. The van der Waals surface area contributed by atoms with E-state index in [0.717, 1.165) is 0 Å². The minimum atomic E-state index is -0.954. The molecule has 1 N–H and O–H groups in total. The van der Waals surface area contributed by atoms with Crippen molar-refractivity contribution in [1.82, 2.24) is 4.98 Å². The average Bonchev–Trinajstić information content (AvgIpc) is 2.38. The van der Waals surface area contributed by atoms with Crippen LogP contribution in [0.15, 0.2) is 42.5 Å². The van der Waals surface area contributed by atoms with Crippen molar-refractivity contribution in [3.8, 4) is 5.88 Å². The number of rotatable bonds is 4. The topological polar surface area (TPSA) is 59.4 Å². The Morgan fingerprint density at radius 2 is 2.22 bits per heavy atom. The number of carboxylic acid groups (broad SMARTS) is 1. The van der Waals surface area contributed by atoms with E-state index in [-0.39, 0.29) is 5.56 Å². The minimum Gasteiger partial charge on any atom is -0.478 e. The molecule has 0 aliphatic carbocycles. The first-order chi connectivity index (χ1) is 8.72. The lowest BCUT2D eigenvalue weighted by molar-refractivity contribution is 0.0699. The van der Waals surface area contributed by atoms with Crippen LogP contribution in [0.5, 0.6) is 5.88 Å². The van der Waals surface area contributed by atoms with E-state index in [9.17, 15) is 4.79 Å². The molecule has 1 aromatic heterocycles. The van der Waals surface area contributed by atoms with E-state index in [0.29, 0.717) is 23.4 Å². The van der Waals surface area contributed by atoms with E-state index in [2.05, 4.69) is 4.98 Å². The predicted octanol–water partition coefficient (Wildman–Crippen LogP) is 2.89. The summed E-state index contributed by atoms with van der Waals surface area (Å²) in [5, 5.41) is 9.67. The Bertz CT molecular complexity index is 605. The molecule has 92 valence electrons. The Kier molecular flexibility index (Phi) is 3.57. The van der Waals surface area contributed by atoms with Crippen LogP contribution in [0.2, 0.25) is 0 Å². The third-order valence-electron chi connectivity index (χ3n) is 2.50. The van der Waals surface area contributed by atoms with Gasteiger partial charge in [0.1, 0.15) is 6.61 Å². The van der Waals surface area contributed by atoms with Crippen molar-refractivity contribution in [3.05, 3.63) is 48.0 Å². The molecule has 2 rings (SSSR count). The Labute approximate surface area is 105 Å². The SMILES string of the molecule is CC=CCOc1ccc2c(C(=O)O)cccc2n1. The number of hydrogen-bond donors (Lipinski definition) is 1. The van der Waals surface area contributed by atoms with Gasteiger partial charge in [0.2, 0.25) is 5.88 Å². The van der Waals surface area contributed by atoms with Crippen molar-refractivity contribution in [3.63, 3.8) is 0 Å². The highest BCUT2D eigenvalue weighted by Gasteiger charge is 2.09. The lowest BCUT2D eigenvalue weighted by Gasteiger charge is -2.05. The van der Waals surface area contributed by atoms with Gasteiger partial charge in [-0.05, 0) is 25.1 Å². The molecule has 4 nitrogen and oxygen atoms in total. The van der Waals surface area contributed by atoms with Crippen molar-refractivity contribution in [2.75, 3.05) is 6.61 Å². The molecule has 1 heterocycles. The lowest BCUT2D eigenvalue weighted by atomic mass is 10.1. The second kappa shape index (κ2) is 5.31. The molecule has 0 aliphatic heterocycles. The molecule has 0 atom stereocenters. The molecule has 0 fully saturated rings. The number of nitrogens with zero attached hydrogens (tertiary/aromatic N) is 1. The number of hydrogen-bond acceptors (Lipinski definition) is 3. The molecule has 4 heteroatoms. The van der Waals surface area contributed by atoms with Crippen molar-refractivity contribution >= 4 is 16.9 Å². The Morgan fingerprint density at radius 3 is 2.94 bits per heavy atom. The Balaban J connectivity index is 2.37. The maximum atomic E-state index is 11.0. The zero-order valence-corrected chi connectivity index (χ0v) is 9.96. The number of aromatic nitrogens is 1. The molecule has 1 aromatic carbocycles. The van der Waals surface area contributed by atoms with E-state index >= 15 is 0 Å². The van der Waals surface area contributed by atoms with Gasteiger partial charge in [-0.2, -0.15) is 0 Å². The maximum Gasteiger partial charge on any atom is 0.336 e. The summed E-state index contributed by atoms with van der Waals surface area (Å²) in [4.78, 5) is 15.3. The van der Waals surface area contributed by atoms with Crippen LogP contribution in [0, 0.1) is 0 Å². The molecule has 0 unspecified atom stereocenters. The number of pyridine rings is 1. The fraction of sp³-hybridized carbons (Fsp3) is 0.143. The molecule has 18 heavy (non-hydrogen) atoms. The van der Waals surface area contributed by atoms with E-state index in [1.807, 2.05) is 19.1 Å². The van der Waals surface area contributed by atoms with Gasteiger partial charge in [-0.1, -0.05) is 18.2 Å². The van der Waals surface area contributed by atoms with Gasteiger partial charge in [0.15, 0.2) is 0 Å². The average molecular weight is 243 g/mol. The standard InChI is InChI=1S/C14H13NO3/c1-2-3-9-18-13-8-7-10-11(14(16)17)5-4-6-12(10)15-13/h2-8H,9H2,1H3,(H,16,17). The molecule has 0 saturated heterocycles. The molecule has 0 saturated carbocycles. The number of benzene rings is 1. The van der Waals surface area contributed by atoms with Gasteiger partial charge in [0, 0.05) is 11.5 Å². The summed E-state index contributed by atoms with van der Waals surface area (Å²) in [6.45, 7) is 2.37. The summed E-state index contributed by atoms with van der Waals surface area (Å²) in [5.41, 5.74) is 0.868. The third kappa shape index (κ3) is 2.48. The van der Waals surface area contributed by atoms with Crippen LogP contribution >= 0.6 is 0 Å². The van der Waals surface area contributed by atoms with Crippen molar-refractivity contribution in [1.29, 1.82) is 0 Å². The Hall–Kier alpha value is -2.36. The molecule has 0 amide bonds. The van der Waals surface area contributed by atoms with Gasteiger partial charge in [-0.3, -0.25) is 0 Å². The van der Waals surface area contributed by atoms with Crippen molar-refractivity contribution in [2.24, 2.45) is 0 Å². The van der Waals surface area contributed by atoms with Crippen LogP contribution in [0.4, 0.5) is 0 Å². The van der Waals surface area contributed by atoms with Crippen LogP contribution in [0.3, 0.4) is 0 Å². The summed E-state index contributed by atoms with van der Waals surface area (Å²) in [6, 6.07) is 8.40. The number of aromatic carboxylic acids is 1. The third-order valence-corrected chi connectivity index (χ3v) is 2.50. The number of carboxylic acids is 1.